The van der Waals surface area contributed by atoms with Crippen LogP contribution in [-0.2, 0) is 5.41 Å². The lowest BCUT2D eigenvalue weighted by Gasteiger charge is -2.44. The summed E-state index contributed by atoms with van der Waals surface area (Å²) < 4.78 is 0. The lowest BCUT2D eigenvalue weighted by molar-refractivity contribution is 0.590. The number of hydrogen-bond acceptors (Lipinski definition) is 3. The maximum atomic E-state index is 3.89. The highest BCUT2D eigenvalue weighted by Gasteiger charge is 2.43. The number of fused-ring (bicyclic) bond motifs is 4. The summed E-state index contributed by atoms with van der Waals surface area (Å²) in [5.74, 6) is 0. The fourth-order valence-electron chi connectivity index (χ4n) is 9.66. The van der Waals surface area contributed by atoms with Crippen LogP contribution >= 0.6 is 0 Å². The van der Waals surface area contributed by atoms with Gasteiger partial charge in [0.15, 0.2) is 0 Å². The molecule has 0 radical (unpaired) electrons. The van der Waals surface area contributed by atoms with Crippen molar-refractivity contribution in [3.63, 3.8) is 0 Å². The number of hydrogen-bond donors (Lipinski definition) is 0. The standard InChI is InChI=1S/C59H52BN3/c1-6-8-19-42(7-2)44-28-33-49(34-29-44)62-54-39-30-45(43-20-12-9-13-21-43)40-53(54)60-52-38-37-51(61(47-22-14-10-15-23-47)48-24-16-11-17-25-48)41-57(52)63(56-27-18-26-55(62)58(56)60)50-35-31-46(32-36-50)59(3,4)5/h6-10,12-16,18-41H,1,11,17H2,2-5H3/b19-8-,42-7+. The Bertz CT molecular complexity index is 2950. The summed E-state index contributed by atoms with van der Waals surface area (Å²) in [7, 11) is 0. The van der Waals surface area contributed by atoms with Crippen LogP contribution in [0.15, 0.2) is 219 Å². The molecular formula is C59H52BN3. The molecule has 0 atom stereocenters. The van der Waals surface area contributed by atoms with E-state index in [1.807, 2.05) is 12.2 Å². The summed E-state index contributed by atoms with van der Waals surface area (Å²) in [6, 6.07) is 61.1. The van der Waals surface area contributed by atoms with Crippen LogP contribution in [-0.4, -0.2) is 6.71 Å². The third-order valence-electron chi connectivity index (χ3n) is 12.8. The quantitative estimate of drug-likeness (QED) is 0.106. The smallest absolute Gasteiger partial charge is 0.252 e. The third kappa shape index (κ3) is 7.26. The van der Waals surface area contributed by atoms with E-state index in [4.69, 9.17) is 0 Å². The lowest BCUT2D eigenvalue weighted by atomic mass is 9.33. The molecule has 0 bridgehead atoms. The molecule has 63 heavy (non-hydrogen) atoms. The molecule has 0 unspecified atom stereocenters. The highest BCUT2D eigenvalue weighted by molar-refractivity contribution is 7.00. The molecule has 3 nitrogen and oxygen atoms in total. The van der Waals surface area contributed by atoms with Gasteiger partial charge in [0.1, 0.15) is 0 Å². The summed E-state index contributed by atoms with van der Waals surface area (Å²) in [6.07, 6.45) is 17.1. The van der Waals surface area contributed by atoms with Gasteiger partial charge in [0.05, 0.1) is 0 Å². The van der Waals surface area contributed by atoms with Gasteiger partial charge in [0, 0.05) is 51.2 Å². The molecule has 0 fully saturated rings. The van der Waals surface area contributed by atoms with E-state index in [0.29, 0.717) is 0 Å². The van der Waals surface area contributed by atoms with E-state index >= 15 is 0 Å². The normalized spacial score (nSPS) is 14.3. The molecule has 4 heteroatoms. The SMILES string of the molecule is C=C/C=C\C(=C/C)c1ccc(N2c3ccc(-c4ccccc4)cc3B3c4ccc(N(C5=CCCC=C5)c5ccccc5)cc4N(c4ccc(C(C)(C)C)cc4)c4cccc2c43)cc1. The summed E-state index contributed by atoms with van der Waals surface area (Å²) in [5.41, 5.74) is 20.5. The van der Waals surface area contributed by atoms with Crippen molar-refractivity contribution in [2.75, 3.05) is 14.7 Å². The topological polar surface area (TPSA) is 9.72 Å². The maximum absolute atomic E-state index is 3.89. The van der Waals surface area contributed by atoms with Crippen molar-refractivity contribution < 1.29 is 0 Å². The van der Waals surface area contributed by atoms with Gasteiger partial charge in [-0.2, -0.15) is 0 Å². The highest BCUT2D eigenvalue weighted by Crippen LogP contribution is 2.46. The summed E-state index contributed by atoms with van der Waals surface area (Å²) in [5, 5.41) is 0. The zero-order chi connectivity index (χ0) is 43.1. The van der Waals surface area contributed by atoms with Crippen molar-refractivity contribution >= 4 is 74.2 Å². The first kappa shape index (κ1) is 39.8. The second kappa shape index (κ2) is 16.5. The number of nitrogens with zero attached hydrogens (tertiary/aromatic N) is 3. The van der Waals surface area contributed by atoms with Crippen LogP contribution in [0.1, 0.15) is 51.7 Å². The van der Waals surface area contributed by atoms with E-state index in [2.05, 4.69) is 243 Å². The monoisotopic (exact) mass is 813 g/mol. The first-order valence-corrected chi connectivity index (χ1v) is 22.3. The van der Waals surface area contributed by atoms with Gasteiger partial charge in [-0.05, 0) is 142 Å². The molecule has 7 aromatic carbocycles. The Morgan fingerprint density at radius 2 is 1.30 bits per heavy atom. The molecule has 0 aromatic heterocycles. The predicted octanol–water partition coefficient (Wildman–Crippen LogP) is 14.3. The average molecular weight is 814 g/mol. The zero-order valence-corrected chi connectivity index (χ0v) is 36.7. The molecule has 7 aromatic rings. The maximum Gasteiger partial charge on any atom is 0.252 e. The number of anilines is 8. The molecule has 0 saturated heterocycles. The van der Waals surface area contributed by atoms with E-state index in [1.165, 1.54) is 67.1 Å². The van der Waals surface area contributed by atoms with Crippen LogP contribution in [0.5, 0.6) is 0 Å². The largest absolute Gasteiger partial charge is 0.311 e. The molecule has 2 aliphatic heterocycles. The van der Waals surface area contributed by atoms with Gasteiger partial charge in [0.2, 0.25) is 0 Å². The van der Waals surface area contributed by atoms with Gasteiger partial charge in [-0.3, -0.25) is 0 Å². The van der Waals surface area contributed by atoms with Crippen molar-refractivity contribution in [2.24, 2.45) is 0 Å². The average Bonchev–Trinajstić information content (AvgIpc) is 3.32. The van der Waals surface area contributed by atoms with Crippen LogP contribution in [0.4, 0.5) is 45.5 Å². The minimum Gasteiger partial charge on any atom is -0.311 e. The Hall–Kier alpha value is -7.30. The molecule has 306 valence electrons. The van der Waals surface area contributed by atoms with Crippen molar-refractivity contribution in [2.45, 2.75) is 46.0 Å². The zero-order valence-electron chi connectivity index (χ0n) is 36.7. The van der Waals surface area contributed by atoms with Crippen molar-refractivity contribution in [1.82, 2.24) is 0 Å². The summed E-state index contributed by atoms with van der Waals surface area (Å²) in [6.45, 7) is 12.8. The lowest BCUT2D eigenvalue weighted by Crippen LogP contribution is -2.61. The Morgan fingerprint density at radius 3 is 1.95 bits per heavy atom. The van der Waals surface area contributed by atoms with Gasteiger partial charge in [-0.1, -0.05) is 161 Å². The Kier molecular flexibility index (Phi) is 10.4. The van der Waals surface area contributed by atoms with Gasteiger partial charge < -0.3 is 14.7 Å². The highest BCUT2D eigenvalue weighted by atomic mass is 15.2. The van der Waals surface area contributed by atoms with E-state index in [1.54, 1.807) is 0 Å². The molecular weight excluding hydrogens is 761 g/mol. The van der Waals surface area contributed by atoms with E-state index in [-0.39, 0.29) is 12.1 Å². The van der Waals surface area contributed by atoms with Crippen molar-refractivity contribution in [3.8, 4) is 11.1 Å². The molecule has 0 saturated carbocycles. The fraction of sp³-hybridized carbons (Fsp3) is 0.119. The number of rotatable bonds is 9. The van der Waals surface area contributed by atoms with Crippen LogP contribution in [0.3, 0.4) is 0 Å². The van der Waals surface area contributed by atoms with Crippen molar-refractivity contribution in [3.05, 3.63) is 230 Å². The number of benzene rings is 7. The Labute approximate surface area is 374 Å². The van der Waals surface area contributed by atoms with Crippen LogP contribution in [0.25, 0.3) is 16.7 Å². The molecule has 2 heterocycles. The number of para-hydroxylation sites is 1. The third-order valence-corrected chi connectivity index (χ3v) is 12.8. The van der Waals surface area contributed by atoms with E-state index < -0.39 is 0 Å². The molecule has 1 aliphatic carbocycles. The van der Waals surface area contributed by atoms with Gasteiger partial charge in [-0.25, -0.2) is 0 Å². The first-order valence-electron chi connectivity index (χ1n) is 22.3. The molecule has 10 rings (SSSR count). The molecule has 3 aliphatic rings. The Balaban J connectivity index is 1.22. The predicted molar refractivity (Wildman–Crippen MR) is 273 cm³/mol. The van der Waals surface area contributed by atoms with Gasteiger partial charge >= 0.3 is 0 Å². The summed E-state index contributed by atoms with van der Waals surface area (Å²) in [4.78, 5) is 7.42. The summed E-state index contributed by atoms with van der Waals surface area (Å²) >= 11 is 0. The van der Waals surface area contributed by atoms with Crippen LogP contribution in [0.2, 0.25) is 0 Å². The minimum absolute atomic E-state index is 0.0165. The van der Waals surface area contributed by atoms with Crippen molar-refractivity contribution in [1.29, 1.82) is 0 Å². The molecule has 0 amide bonds. The number of allylic oxidation sites excluding steroid dienone is 8. The van der Waals surface area contributed by atoms with E-state index in [9.17, 15) is 0 Å². The molecule has 0 spiro atoms. The first-order chi connectivity index (χ1) is 30.8. The second-order valence-corrected chi connectivity index (χ2v) is 17.7. The molecule has 0 N–H and O–H groups in total. The fourth-order valence-corrected chi connectivity index (χ4v) is 9.66. The second-order valence-electron chi connectivity index (χ2n) is 17.7. The van der Waals surface area contributed by atoms with Gasteiger partial charge in [0.25, 0.3) is 6.71 Å². The Morgan fingerprint density at radius 1 is 0.619 bits per heavy atom. The van der Waals surface area contributed by atoms with Crippen LogP contribution < -0.4 is 31.1 Å². The van der Waals surface area contributed by atoms with E-state index in [0.717, 1.165) is 41.2 Å². The van der Waals surface area contributed by atoms with Gasteiger partial charge in [-0.15, -0.1) is 0 Å². The van der Waals surface area contributed by atoms with Crippen LogP contribution in [0, 0.1) is 0 Å². The minimum atomic E-state index is -0.0165.